The Labute approximate surface area is 96.2 Å². The van der Waals surface area contributed by atoms with Crippen molar-refractivity contribution in [2.45, 2.75) is 32.9 Å². The second-order valence-corrected chi connectivity index (χ2v) is 3.95. The van der Waals surface area contributed by atoms with E-state index >= 15 is 0 Å². The lowest BCUT2D eigenvalue weighted by molar-refractivity contribution is 0.190. The second kappa shape index (κ2) is 6.33. The lowest BCUT2D eigenvalue weighted by Crippen LogP contribution is -2.23. The molecule has 1 aromatic rings. The van der Waals surface area contributed by atoms with Crippen molar-refractivity contribution in [3.63, 3.8) is 0 Å². The third kappa shape index (κ3) is 3.70. The number of methoxy groups -OCH3 is 1. The van der Waals surface area contributed by atoms with Crippen molar-refractivity contribution in [3.05, 3.63) is 28.7 Å². The van der Waals surface area contributed by atoms with Crippen molar-refractivity contribution in [1.29, 1.82) is 0 Å². The van der Waals surface area contributed by atoms with E-state index in [0.717, 1.165) is 18.7 Å². The van der Waals surface area contributed by atoms with Gasteiger partial charge in [0.2, 0.25) is 0 Å². The van der Waals surface area contributed by atoms with E-state index in [0.29, 0.717) is 6.61 Å². The molecule has 1 heterocycles. The van der Waals surface area contributed by atoms with Gasteiger partial charge in [0.05, 0.1) is 12.3 Å². The van der Waals surface area contributed by atoms with Gasteiger partial charge in [-0.3, -0.25) is 4.79 Å². The third-order valence-corrected chi connectivity index (χ3v) is 2.28. The van der Waals surface area contributed by atoms with Gasteiger partial charge >= 0.3 is 0 Å². The van der Waals surface area contributed by atoms with E-state index < -0.39 is 0 Å². The first-order chi connectivity index (χ1) is 7.67. The second-order valence-electron chi connectivity index (χ2n) is 3.95. The number of hydrogen-bond donors (Lipinski definition) is 1. The quantitative estimate of drug-likeness (QED) is 0.800. The lowest BCUT2D eigenvalue weighted by atomic mass is 10.3. The molecule has 1 unspecified atom stereocenters. The lowest BCUT2D eigenvalue weighted by Gasteiger charge is -2.15. The Morgan fingerprint density at radius 3 is 2.88 bits per heavy atom. The maximum Gasteiger partial charge on any atom is 0.250 e. The van der Waals surface area contributed by atoms with Crippen LogP contribution in [0.5, 0.6) is 0 Å². The summed E-state index contributed by atoms with van der Waals surface area (Å²) < 4.78 is 6.77. The van der Waals surface area contributed by atoms with Gasteiger partial charge in [0.25, 0.3) is 5.56 Å². The van der Waals surface area contributed by atoms with Crippen LogP contribution in [0.15, 0.2) is 23.1 Å². The summed E-state index contributed by atoms with van der Waals surface area (Å²) in [6.07, 6.45) is 2.81. The highest BCUT2D eigenvalue weighted by molar-refractivity contribution is 5.41. The molecule has 1 atom stereocenters. The molecule has 0 spiro atoms. The predicted molar refractivity (Wildman–Crippen MR) is 66.0 cm³/mol. The van der Waals surface area contributed by atoms with Crippen LogP contribution in [0.3, 0.4) is 0 Å². The van der Waals surface area contributed by atoms with Crippen LogP contribution < -0.4 is 10.9 Å². The predicted octanol–water partition coefficient (Wildman–Crippen LogP) is 1.71. The number of pyridine rings is 1. The fraction of sp³-hybridized carbons (Fsp3) is 0.583. The summed E-state index contributed by atoms with van der Waals surface area (Å²) in [5.41, 5.74) is 1.00. The first-order valence-corrected chi connectivity index (χ1v) is 5.63. The Bertz CT molecular complexity index is 374. The molecule has 4 nitrogen and oxygen atoms in total. The molecule has 0 aliphatic heterocycles. The van der Waals surface area contributed by atoms with Crippen LogP contribution in [0.2, 0.25) is 0 Å². The number of aryl methyl sites for hydroxylation is 1. The Kier molecular flexibility index (Phi) is 5.05. The molecule has 0 bridgehead atoms. The number of ether oxygens (including phenoxy) is 1. The standard InChI is InChI=1S/C12H20N2O2/c1-4-7-14-8-11(5-6-12(14)15)13-10(2)9-16-3/h5-6,8,10,13H,4,7,9H2,1-3H3. The SMILES string of the molecule is CCCn1cc(NC(C)COC)ccc1=O. The first kappa shape index (κ1) is 12.8. The fourth-order valence-corrected chi connectivity index (χ4v) is 1.61. The molecule has 1 aromatic heterocycles. The molecule has 0 saturated heterocycles. The Morgan fingerprint density at radius 1 is 1.50 bits per heavy atom. The molecule has 0 fully saturated rings. The van der Waals surface area contributed by atoms with Crippen molar-refractivity contribution in [1.82, 2.24) is 4.57 Å². The van der Waals surface area contributed by atoms with Gasteiger partial charge in [0, 0.05) is 32.0 Å². The van der Waals surface area contributed by atoms with Crippen molar-refractivity contribution in [2.75, 3.05) is 19.0 Å². The van der Waals surface area contributed by atoms with Crippen LogP contribution in [-0.4, -0.2) is 24.3 Å². The number of hydrogen-bond acceptors (Lipinski definition) is 3. The van der Waals surface area contributed by atoms with E-state index in [-0.39, 0.29) is 11.6 Å². The summed E-state index contributed by atoms with van der Waals surface area (Å²) in [4.78, 5) is 11.5. The number of nitrogens with zero attached hydrogens (tertiary/aromatic N) is 1. The van der Waals surface area contributed by atoms with Crippen LogP contribution in [0, 0.1) is 0 Å². The normalized spacial score (nSPS) is 12.4. The van der Waals surface area contributed by atoms with Gasteiger partial charge in [-0.1, -0.05) is 6.92 Å². The van der Waals surface area contributed by atoms with E-state index in [1.165, 1.54) is 0 Å². The molecule has 0 radical (unpaired) electrons. The number of nitrogens with one attached hydrogen (secondary N) is 1. The maximum atomic E-state index is 11.5. The monoisotopic (exact) mass is 224 g/mol. The van der Waals surface area contributed by atoms with Gasteiger partial charge in [0.1, 0.15) is 0 Å². The zero-order valence-corrected chi connectivity index (χ0v) is 10.2. The van der Waals surface area contributed by atoms with Crippen molar-refractivity contribution in [3.8, 4) is 0 Å². The zero-order valence-electron chi connectivity index (χ0n) is 10.2. The van der Waals surface area contributed by atoms with Gasteiger partial charge < -0.3 is 14.6 Å². The molecule has 0 aliphatic carbocycles. The summed E-state index contributed by atoms with van der Waals surface area (Å²) >= 11 is 0. The van der Waals surface area contributed by atoms with Crippen molar-refractivity contribution >= 4 is 5.69 Å². The van der Waals surface area contributed by atoms with Gasteiger partial charge in [-0.15, -0.1) is 0 Å². The topological polar surface area (TPSA) is 43.3 Å². The van der Waals surface area contributed by atoms with Crippen LogP contribution in [0.1, 0.15) is 20.3 Å². The van der Waals surface area contributed by atoms with Crippen LogP contribution in [0.4, 0.5) is 5.69 Å². The summed E-state index contributed by atoms with van der Waals surface area (Å²) in [5, 5.41) is 3.28. The molecule has 1 rings (SSSR count). The van der Waals surface area contributed by atoms with Crippen LogP contribution in [-0.2, 0) is 11.3 Å². The molecular weight excluding hydrogens is 204 g/mol. The van der Waals surface area contributed by atoms with E-state index in [4.69, 9.17) is 4.74 Å². The van der Waals surface area contributed by atoms with Gasteiger partial charge in [-0.2, -0.15) is 0 Å². The largest absolute Gasteiger partial charge is 0.383 e. The average Bonchev–Trinajstić information content (AvgIpc) is 2.24. The average molecular weight is 224 g/mol. The molecule has 0 aliphatic rings. The molecule has 0 amide bonds. The number of aromatic nitrogens is 1. The van der Waals surface area contributed by atoms with Gasteiger partial charge in [-0.25, -0.2) is 0 Å². The number of rotatable bonds is 6. The molecule has 90 valence electrons. The Balaban J connectivity index is 2.74. The summed E-state index contributed by atoms with van der Waals surface area (Å²) in [5.74, 6) is 0. The minimum absolute atomic E-state index is 0.0480. The van der Waals surface area contributed by atoms with E-state index in [1.807, 2.05) is 13.1 Å². The van der Waals surface area contributed by atoms with E-state index in [9.17, 15) is 4.79 Å². The molecule has 4 heteroatoms. The minimum atomic E-state index is 0.0480. The highest BCUT2D eigenvalue weighted by Gasteiger charge is 2.02. The maximum absolute atomic E-state index is 11.5. The van der Waals surface area contributed by atoms with Crippen molar-refractivity contribution < 1.29 is 4.74 Å². The molecular formula is C12H20N2O2. The zero-order chi connectivity index (χ0) is 12.0. The summed E-state index contributed by atoms with van der Waals surface area (Å²) in [7, 11) is 1.68. The Morgan fingerprint density at radius 2 is 2.25 bits per heavy atom. The first-order valence-electron chi connectivity index (χ1n) is 5.63. The minimum Gasteiger partial charge on any atom is -0.383 e. The van der Waals surface area contributed by atoms with Crippen LogP contribution in [0.25, 0.3) is 0 Å². The van der Waals surface area contributed by atoms with Crippen LogP contribution >= 0.6 is 0 Å². The molecule has 1 N–H and O–H groups in total. The Hall–Kier alpha value is -1.29. The van der Waals surface area contributed by atoms with Gasteiger partial charge in [0.15, 0.2) is 0 Å². The van der Waals surface area contributed by atoms with Crippen molar-refractivity contribution in [2.24, 2.45) is 0 Å². The fourth-order valence-electron chi connectivity index (χ4n) is 1.61. The highest BCUT2D eigenvalue weighted by Crippen LogP contribution is 2.05. The summed E-state index contributed by atoms with van der Waals surface area (Å²) in [6.45, 7) is 5.50. The summed E-state index contributed by atoms with van der Waals surface area (Å²) in [6, 6.07) is 3.63. The molecule has 0 aromatic carbocycles. The molecule has 0 saturated carbocycles. The highest BCUT2D eigenvalue weighted by atomic mass is 16.5. The molecule has 16 heavy (non-hydrogen) atoms. The third-order valence-electron chi connectivity index (χ3n) is 2.28. The van der Waals surface area contributed by atoms with Gasteiger partial charge in [-0.05, 0) is 19.4 Å². The number of anilines is 1. The smallest absolute Gasteiger partial charge is 0.250 e. The van der Waals surface area contributed by atoms with E-state index in [2.05, 4.69) is 12.2 Å². The van der Waals surface area contributed by atoms with E-state index in [1.54, 1.807) is 23.8 Å².